The molecule has 19 heavy (non-hydrogen) atoms. The van der Waals surface area contributed by atoms with Crippen molar-refractivity contribution >= 4 is 23.5 Å². The molecule has 0 saturated carbocycles. The zero-order chi connectivity index (χ0) is 14.1. The van der Waals surface area contributed by atoms with Crippen LogP contribution in [0.15, 0.2) is 24.3 Å². The Bertz CT molecular complexity index is 414. The standard InChI is InChI=1S/C14H17ClO4/c1-2-10-18-14(17)11-5-7-12(8-6-11)19-13(16)4-3-9-15/h5-8H,2-4,9-10H2,1H3. The molecule has 0 amide bonds. The minimum Gasteiger partial charge on any atom is -0.462 e. The van der Waals surface area contributed by atoms with Crippen LogP contribution in [0.1, 0.15) is 36.5 Å². The van der Waals surface area contributed by atoms with Gasteiger partial charge in [0.15, 0.2) is 0 Å². The molecule has 0 bridgehead atoms. The van der Waals surface area contributed by atoms with E-state index in [1.165, 1.54) is 0 Å². The van der Waals surface area contributed by atoms with Gasteiger partial charge in [0.05, 0.1) is 12.2 Å². The molecule has 0 heterocycles. The second-order valence-electron chi connectivity index (χ2n) is 3.93. The van der Waals surface area contributed by atoms with Gasteiger partial charge in [-0.2, -0.15) is 0 Å². The molecule has 0 aliphatic heterocycles. The van der Waals surface area contributed by atoms with Crippen molar-refractivity contribution in [1.29, 1.82) is 0 Å². The van der Waals surface area contributed by atoms with E-state index in [4.69, 9.17) is 21.1 Å². The van der Waals surface area contributed by atoms with E-state index >= 15 is 0 Å². The molecule has 0 radical (unpaired) electrons. The Morgan fingerprint density at radius 1 is 1.21 bits per heavy atom. The van der Waals surface area contributed by atoms with Crippen LogP contribution in [0.25, 0.3) is 0 Å². The molecule has 0 spiro atoms. The molecule has 1 aromatic carbocycles. The van der Waals surface area contributed by atoms with Gasteiger partial charge in [0, 0.05) is 12.3 Å². The average Bonchev–Trinajstić information content (AvgIpc) is 2.43. The van der Waals surface area contributed by atoms with E-state index in [9.17, 15) is 9.59 Å². The summed E-state index contributed by atoms with van der Waals surface area (Å²) >= 11 is 5.49. The summed E-state index contributed by atoms with van der Waals surface area (Å²) in [5, 5.41) is 0. The van der Waals surface area contributed by atoms with E-state index in [0.717, 1.165) is 6.42 Å². The number of rotatable bonds is 7. The first-order chi connectivity index (χ1) is 9.17. The zero-order valence-corrected chi connectivity index (χ0v) is 11.6. The second-order valence-corrected chi connectivity index (χ2v) is 4.30. The van der Waals surface area contributed by atoms with Crippen molar-refractivity contribution in [2.75, 3.05) is 12.5 Å². The topological polar surface area (TPSA) is 52.6 Å². The minimum absolute atomic E-state index is 0.282. The smallest absolute Gasteiger partial charge is 0.338 e. The van der Waals surface area contributed by atoms with Crippen molar-refractivity contribution in [2.24, 2.45) is 0 Å². The molecule has 0 atom stereocenters. The van der Waals surface area contributed by atoms with Crippen molar-refractivity contribution in [1.82, 2.24) is 0 Å². The fourth-order valence-electron chi connectivity index (χ4n) is 1.33. The van der Waals surface area contributed by atoms with Crippen LogP contribution in [0.5, 0.6) is 5.75 Å². The normalized spacial score (nSPS) is 10.0. The fourth-order valence-corrected chi connectivity index (χ4v) is 1.46. The lowest BCUT2D eigenvalue weighted by Crippen LogP contribution is -2.09. The second kappa shape index (κ2) is 8.53. The Morgan fingerprint density at radius 2 is 1.89 bits per heavy atom. The summed E-state index contributed by atoms with van der Waals surface area (Å²) < 4.78 is 10.1. The molecule has 1 aromatic rings. The van der Waals surface area contributed by atoms with Gasteiger partial charge in [-0.05, 0) is 37.1 Å². The Kier molecular flexibility index (Phi) is 6.97. The molecule has 4 nitrogen and oxygen atoms in total. The number of hydrogen-bond donors (Lipinski definition) is 0. The van der Waals surface area contributed by atoms with Gasteiger partial charge in [-0.25, -0.2) is 4.79 Å². The number of carbonyl (C=O) groups is 2. The highest BCUT2D eigenvalue weighted by molar-refractivity contribution is 6.17. The third-order valence-corrected chi connectivity index (χ3v) is 2.54. The fraction of sp³-hybridized carbons (Fsp3) is 0.429. The first-order valence-corrected chi connectivity index (χ1v) is 6.74. The molecule has 5 heteroatoms. The van der Waals surface area contributed by atoms with Crippen molar-refractivity contribution < 1.29 is 19.1 Å². The van der Waals surface area contributed by atoms with Crippen molar-refractivity contribution in [3.63, 3.8) is 0 Å². The van der Waals surface area contributed by atoms with Gasteiger partial charge in [-0.1, -0.05) is 6.92 Å². The lowest BCUT2D eigenvalue weighted by molar-refractivity contribution is -0.134. The van der Waals surface area contributed by atoms with Crippen molar-refractivity contribution in [3.8, 4) is 5.75 Å². The molecule has 104 valence electrons. The minimum atomic E-state index is -0.373. The monoisotopic (exact) mass is 284 g/mol. The average molecular weight is 285 g/mol. The van der Waals surface area contributed by atoms with E-state index in [-0.39, 0.29) is 18.4 Å². The summed E-state index contributed by atoms with van der Waals surface area (Å²) in [7, 11) is 0. The van der Waals surface area contributed by atoms with Crippen LogP contribution < -0.4 is 4.74 Å². The highest BCUT2D eigenvalue weighted by Gasteiger charge is 2.08. The predicted octanol–water partition coefficient (Wildman–Crippen LogP) is 3.18. The number of carbonyl (C=O) groups excluding carboxylic acids is 2. The molecular weight excluding hydrogens is 268 g/mol. The van der Waals surface area contributed by atoms with Crippen molar-refractivity contribution in [3.05, 3.63) is 29.8 Å². The maximum atomic E-state index is 11.5. The summed E-state index contributed by atoms with van der Waals surface area (Å²) in [4.78, 5) is 22.9. The summed E-state index contributed by atoms with van der Waals surface area (Å²) in [6.45, 7) is 2.32. The third kappa shape index (κ3) is 5.75. The van der Waals surface area contributed by atoms with Gasteiger partial charge < -0.3 is 9.47 Å². The van der Waals surface area contributed by atoms with Crippen LogP contribution in [-0.2, 0) is 9.53 Å². The van der Waals surface area contributed by atoms with Crippen LogP contribution in [0.3, 0.4) is 0 Å². The number of ether oxygens (including phenoxy) is 2. The lowest BCUT2D eigenvalue weighted by atomic mass is 10.2. The highest BCUT2D eigenvalue weighted by atomic mass is 35.5. The van der Waals surface area contributed by atoms with Gasteiger partial charge in [-0.15, -0.1) is 11.6 Å². The Hall–Kier alpha value is -1.55. The molecule has 0 aliphatic carbocycles. The van der Waals surface area contributed by atoms with E-state index in [1.54, 1.807) is 24.3 Å². The third-order valence-electron chi connectivity index (χ3n) is 2.27. The SMILES string of the molecule is CCCOC(=O)c1ccc(OC(=O)CCCCl)cc1. The predicted molar refractivity (Wildman–Crippen MR) is 72.6 cm³/mol. The number of hydrogen-bond acceptors (Lipinski definition) is 4. The highest BCUT2D eigenvalue weighted by Crippen LogP contribution is 2.14. The maximum absolute atomic E-state index is 11.5. The Balaban J connectivity index is 2.51. The zero-order valence-electron chi connectivity index (χ0n) is 10.9. The quantitative estimate of drug-likeness (QED) is 0.438. The number of esters is 2. The van der Waals surface area contributed by atoms with E-state index in [2.05, 4.69) is 0 Å². The Labute approximate surface area is 117 Å². The molecule has 0 aliphatic rings. The molecule has 0 saturated heterocycles. The van der Waals surface area contributed by atoms with Crippen LogP contribution in [0.2, 0.25) is 0 Å². The molecule has 0 unspecified atom stereocenters. The van der Waals surface area contributed by atoms with Crippen LogP contribution in [0.4, 0.5) is 0 Å². The molecular formula is C14H17ClO4. The number of alkyl halides is 1. The van der Waals surface area contributed by atoms with Gasteiger partial charge >= 0.3 is 11.9 Å². The molecule has 0 N–H and O–H groups in total. The first kappa shape index (κ1) is 15.5. The van der Waals surface area contributed by atoms with E-state index in [1.807, 2.05) is 6.92 Å². The summed E-state index contributed by atoms with van der Waals surface area (Å²) in [6.07, 6.45) is 1.65. The van der Waals surface area contributed by atoms with E-state index in [0.29, 0.717) is 30.2 Å². The summed E-state index contributed by atoms with van der Waals surface area (Å²) in [5.41, 5.74) is 0.439. The summed E-state index contributed by atoms with van der Waals surface area (Å²) in [5.74, 6) is 0.132. The largest absolute Gasteiger partial charge is 0.462 e. The van der Waals surface area contributed by atoms with Crippen molar-refractivity contribution in [2.45, 2.75) is 26.2 Å². The van der Waals surface area contributed by atoms with Gasteiger partial charge in [0.1, 0.15) is 5.75 Å². The van der Waals surface area contributed by atoms with Crippen LogP contribution in [0, 0.1) is 0 Å². The van der Waals surface area contributed by atoms with Gasteiger partial charge in [0.2, 0.25) is 0 Å². The van der Waals surface area contributed by atoms with Crippen LogP contribution >= 0.6 is 11.6 Å². The number of benzene rings is 1. The van der Waals surface area contributed by atoms with Crippen LogP contribution in [-0.4, -0.2) is 24.4 Å². The first-order valence-electron chi connectivity index (χ1n) is 6.21. The summed E-state index contributed by atoms with van der Waals surface area (Å²) in [6, 6.07) is 6.28. The molecule has 1 rings (SSSR count). The lowest BCUT2D eigenvalue weighted by Gasteiger charge is -2.05. The number of halogens is 1. The van der Waals surface area contributed by atoms with Gasteiger partial charge in [-0.3, -0.25) is 4.79 Å². The molecule has 0 fully saturated rings. The maximum Gasteiger partial charge on any atom is 0.338 e. The van der Waals surface area contributed by atoms with Gasteiger partial charge in [0.25, 0.3) is 0 Å². The Morgan fingerprint density at radius 3 is 2.47 bits per heavy atom. The van der Waals surface area contributed by atoms with E-state index < -0.39 is 0 Å². The molecule has 0 aromatic heterocycles.